The van der Waals surface area contributed by atoms with E-state index in [1.807, 2.05) is 18.2 Å². The third kappa shape index (κ3) is 3.25. The zero-order valence-electron chi connectivity index (χ0n) is 13.5. The molecule has 2 aromatic rings. The lowest BCUT2D eigenvalue weighted by Crippen LogP contribution is -2.37. The minimum Gasteiger partial charge on any atom is -0.497 e. The number of fused-ring (bicyclic) bond motifs is 1. The van der Waals surface area contributed by atoms with E-state index in [2.05, 4.69) is 0 Å². The van der Waals surface area contributed by atoms with E-state index < -0.39 is 5.97 Å². The van der Waals surface area contributed by atoms with Crippen LogP contribution in [0.3, 0.4) is 0 Å². The summed E-state index contributed by atoms with van der Waals surface area (Å²) in [7, 11) is 1.62. The molecule has 24 heavy (non-hydrogen) atoms. The molecule has 2 aromatic carbocycles. The first-order chi connectivity index (χ1) is 11.6. The molecule has 0 atom stereocenters. The summed E-state index contributed by atoms with van der Waals surface area (Å²) in [6, 6.07) is 12.6. The number of ether oxygens (including phenoxy) is 1. The van der Waals surface area contributed by atoms with E-state index in [-0.39, 0.29) is 17.9 Å². The molecule has 0 saturated carbocycles. The Morgan fingerprint density at radius 3 is 2.71 bits per heavy atom. The van der Waals surface area contributed by atoms with Crippen LogP contribution in [0.25, 0.3) is 0 Å². The number of carboxylic acid groups (broad SMARTS) is 1. The molecule has 1 aliphatic heterocycles. The van der Waals surface area contributed by atoms with Gasteiger partial charge in [-0.1, -0.05) is 24.3 Å². The summed E-state index contributed by atoms with van der Waals surface area (Å²) < 4.78 is 5.25. The van der Waals surface area contributed by atoms with Crippen molar-refractivity contribution in [3.63, 3.8) is 0 Å². The number of amides is 1. The van der Waals surface area contributed by atoms with Gasteiger partial charge in [-0.15, -0.1) is 0 Å². The number of carboxylic acids is 1. The highest BCUT2D eigenvalue weighted by Gasteiger charge is 2.22. The topological polar surface area (TPSA) is 66.8 Å². The van der Waals surface area contributed by atoms with Crippen LogP contribution in [0.5, 0.6) is 5.75 Å². The number of hydrogen-bond donors (Lipinski definition) is 1. The van der Waals surface area contributed by atoms with E-state index >= 15 is 0 Å². The molecule has 1 heterocycles. The lowest BCUT2D eigenvalue weighted by atomic mass is 9.98. The molecule has 0 spiro atoms. The van der Waals surface area contributed by atoms with Crippen LogP contribution in [0.15, 0.2) is 42.5 Å². The second kappa shape index (κ2) is 6.74. The molecule has 5 heteroatoms. The average Bonchev–Trinajstić information content (AvgIpc) is 2.61. The predicted molar refractivity (Wildman–Crippen MR) is 89.2 cm³/mol. The highest BCUT2D eigenvalue weighted by atomic mass is 16.5. The van der Waals surface area contributed by atoms with Crippen molar-refractivity contribution in [1.29, 1.82) is 0 Å². The van der Waals surface area contributed by atoms with Crippen molar-refractivity contribution in [2.75, 3.05) is 13.7 Å². The molecule has 0 saturated heterocycles. The molecule has 0 bridgehead atoms. The number of hydrogen-bond acceptors (Lipinski definition) is 3. The maximum Gasteiger partial charge on any atom is 0.335 e. The minimum absolute atomic E-state index is 0.0582. The molecular formula is C19H19NO4. The smallest absolute Gasteiger partial charge is 0.335 e. The van der Waals surface area contributed by atoms with Crippen LogP contribution in [0, 0.1) is 0 Å². The Morgan fingerprint density at radius 1 is 1.17 bits per heavy atom. The first-order valence-electron chi connectivity index (χ1n) is 7.83. The molecule has 0 unspecified atom stereocenters. The number of carbonyl (C=O) groups is 2. The fourth-order valence-electron chi connectivity index (χ4n) is 3.03. The van der Waals surface area contributed by atoms with Gasteiger partial charge in [-0.05, 0) is 41.3 Å². The van der Waals surface area contributed by atoms with Gasteiger partial charge in [0.1, 0.15) is 5.75 Å². The lowest BCUT2D eigenvalue weighted by molar-refractivity contribution is -0.131. The average molecular weight is 325 g/mol. The molecule has 1 amide bonds. The van der Waals surface area contributed by atoms with Crippen LogP contribution in [0.2, 0.25) is 0 Å². The van der Waals surface area contributed by atoms with Gasteiger partial charge in [-0.3, -0.25) is 4.79 Å². The Bertz CT molecular complexity index is 785. The molecule has 0 radical (unpaired) electrons. The van der Waals surface area contributed by atoms with Crippen molar-refractivity contribution in [2.24, 2.45) is 0 Å². The van der Waals surface area contributed by atoms with Crippen molar-refractivity contribution < 1.29 is 19.4 Å². The van der Waals surface area contributed by atoms with Crippen LogP contribution in [-0.4, -0.2) is 35.5 Å². The van der Waals surface area contributed by atoms with Gasteiger partial charge in [-0.2, -0.15) is 0 Å². The first-order valence-corrected chi connectivity index (χ1v) is 7.83. The van der Waals surface area contributed by atoms with Crippen LogP contribution in [0.4, 0.5) is 0 Å². The van der Waals surface area contributed by atoms with E-state index in [1.54, 1.807) is 30.2 Å². The Morgan fingerprint density at radius 2 is 1.96 bits per heavy atom. The van der Waals surface area contributed by atoms with E-state index in [4.69, 9.17) is 4.74 Å². The van der Waals surface area contributed by atoms with E-state index in [0.29, 0.717) is 18.7 Å². The van der Waals surface area contributed by atoms with E-state index in [9.17, 15) is 14.7 Å². The highest BCUT2D eigenvalue weighted by molar-refractivity contribution is 5.91. The maximum atomic E-state index is 12.6. The number of methoxy groups -OCH3 is 1. The summed E-state index contributed by atoms with van der Waals surface area (Å²) in [5.74, 6) is -0.288. The van der Waals surface area contributed by atoms with Crippen LogP contribution >= 0.6 is 0 Å². The van der Waals surface area contributed by atoms with Gasteiger partial charge >= 0.3 is 5.97 Å². The third-order valence-corrected chi connectivity index (χ3v) is 4.37. The van der Waals surface area contributed by atoms with E-state index in [0.717, 1.165) is 17.7 Å². The number of aromatic carboxylic acids is 1. The Kier molecular flexibility index (Phi) is 4.51. The highest BCUT2D eigenvalue weighted by Crippen LogP contribution is 2.24. The molecule has 0 aliphatic carbocycles. The Hall–Kier alpha value is -2.82. The van der Waals surface area contributed by atoms with Crippen LogP contribution in [0.1, 0.15) is 27.0 Å². The monoisotopic (exact) mass is 325 g/mol. The zero-order valence-corrected chi connectivity index (χ0v) is 13.5. The normalized spacial score (nSPS) is 13.3. The van der Waals surface area contributed by atoms with Crippen LogP contribution < -0.4 is 4.74 Å². The van der Waals surface area contributed by atoms with Gasteiger partial charge in [0.2, 0.25) is 5.91 Å². The van der Waals surface area contributed by atoms with Crippen molar-refractivity contribution in [3.05, 3.63) is 64.7 Å². The lowest BCUT2D eigenvalue weighted by Gasteiger charge is -2.29. The zero-order chi connectivity index (χ0) is 17.1. The van der Waals surface area contributed by atoms with Crippen molar-refractivity contribution in [1.82, 2.24) is 4.90 Å². The number of rotatable bonds is 4. The summed E-state index contributed by atoms with van der Waals surface area (Å²) in [5.41, 5.74) is 3.04. The first kappa shape index (κ1) is 16.1. The molecule has 0 aromatic heterocycles. The quantitative estimate of drug-likeness (QED) is 0.938. The third-order valence-electron chi connectivity index (χ3n) is 4.37. The summed E-state index contributed by atoms with van der Waals surface area (Å²) >= 11 is 0. The fourth-order valence-corrected chi connectivity index (χ4v) is 3.03. The standard InChI is InChI=1S/C19H19NO4/c1-24-16-7-6-13-8-9-20(12-15(13)10-16)18(21)11-14-4-2-3-5-17(14)19(22)23/h2-7,10H,8-9,11-12H2,1H3,(H,22,23). The Labute approximate surface area is 140 Å². The molecule has 5 nitrogen and oxygen atoms in total. The maximum absolute atomic E-state index is 12.6. The summed E-state index contributed by atoms with van der Waals surface area (Å²) in [5, 5.41) is 9.24. The van der Waals surface area contributed by atoms with Crippen molar-refractivity contribution >= 4 is 11.9 Å². The molecular weight excluding hydrogens is 306 g/mol. The SMILES string of the molecule is COc1ccc2c(c1)CN(C(=O)Cc1ccccc1C(=O)O)CC2. The van der Waals surface area contributed by atoms with Gasteiger partial charge in [0, 0.05) is 13.1 Å². The molecule has 1 aliphatic rings. The number of carbonyl (C=O) groups excluding carboxylic acids is 1. The van der Waals surface area contributed by atoms with Crippen LogP contribution in [-0.2, 0) is 24.2 Å². The minimum atomic E-state index is -1.01. The van der Waals surface area contributed by atoms with Gasteiger partial charge in [0.15, 0.2) is 0 Å². The predicted octanol–water partition coefficient (Wildman–Crippen LogP) is 2.52. The van der Waals surface area contributed by atoms with E-state index in [1.165, 1.54) is 11.6 Å². The summed E-state index contributed by atoms with van der Waals surface area (Å²) in [4.78, 5) is 25.7. The second-order valence-electron chi connectivity index (χ2n) is 5.84. The molecule has 3 rings (SSSR count). The molecule has 0 fully saturated rings. The largest absolute Gasteiger partial charge is 0.497 e. The summed E-state index contributed by atoms with van der Waals surface area (Å²) in [6.45, 7) is 1.17. The van der Waals surface area contributed by atoms with Gasteiger partial charge < -0.3 is 14.7 Å². The van der Waals surface area contributed by atoms with Crippen molar-refractivity contribution in [2.45, 2.75) is 19.4 Å². The second-order valence-corrected chi connectivity index (χ2v) is 5.84. The van der Waals surface area contributed by atoms with Crippen molar-refractivity contribution in [3.8, 4) is 5.75 Å². The molecule has 124 valence electrons. The Balaban J connectivity index is 1.76. The molecule has 1 N–H and O–H groups in total. The van der Waals surface area contributed by atoms with Gasteiger partial charge in [-0.25, -0.2) is 4.79 Å². The number of benzene rings is 2. The number of nitrogens with zero attached hydrogens (tertiary/aromatic N) is 1. The van der Waals surface area contributed by atoms with Gasteiger partial charge in [0.05, 0.1) is 19.1 Å². The van der Waals surface area contributed by atoms with Gasteiger partial charge in [0.25, 0.3) is 0 Å². The fraction of sp³-hybridized carbons (Fsp3) is 0.263. The summed E-state index contributed by atoms with van der Waals surface area (Å²) in [6.07, 6.45) is 0.896.